The average Bonchev–Trinajstić information content (AvgIpc) is 2.71. The van der Waals surface area contributed by atoms with Crippen molar-refractivity contribution < 1.29 is 21.6 Å². The third-order valence-corrected chi connectivity index (χ3v) is 8.38. The van der Waals surface area contributed by atoms with Gasteiger partial charge in [-0.15, -0.1) is 0 Å². The first-order valence-electron chi connectivity index (χ1n) is 12.2. The molecule has 1 aliphatic heterocycles. The quantitative estimate of drug-likeness (QED) is 0.102. The molecule has 1 saturated heterocycles. The van der Waals surface area contributed by atoms with Crippen LogP contribution in [0.4, 0.5) is 0 Å². The molecule has 1 fully saturated rings. The van der Waals surface area contributed by atoms with Crippen LogP contribution in [0, 0.1) is 0 Å². The highest BCUT2D eigenvalue weighted by molar-refractivity contribution is 7.96. The minimum absolute atomic E-state index is 0.730. The van der Waals surface area contributed by atoms with Crippen molar-refractivity contribution in [1.82, 2.24) is 0 Å². The van der Waals surface area contributed by atoms with Crippen molar-refractivity contribution in [2.75, 3.05) is 51.6 Å². The normalized spacial score (nSPS) is 21.8. The Morgan fingerprint density at radius 2 is 1.13 bits per heavy atom. The van der Waals surface area contributed by atoms with Crippen LogP contribution in [0.15, 0.2) is 0 Å². The Morgan fingerprint density at radius 3 is 1.47 bits per heavy atom. The lowest BCUT2D eigenvalue weighted by Crippen LogP contribution is -2.54. The summed E-state index contributed by atoms with van der Waals surface area (Å²) in [6.07, 6.45) is 23.0. The van der Waals surface area contributed by atoms with Crippen LogP contribution in [-0.4, -0.2) is 69.0 Å². The van der Waals surface area contributed by atoms with Crippen LogP contribution in [0.5, 0.6) is 0 Å². The van der Waals surface area contributed by atoms with E-state index in [1.807, 2.05) is 0 Å². The van der Waals surface area contributed by atoms with Crippen LogP contribution in [0.2, 0.25) is 0 Å². The summed E-state index contributed by atoms with van der Waals surface area (Å²) in [7, 11) is -0.376. The molecule has 30 heavy (non-hydrogen) atoms. The van der Waals surface area contributed by atoms with Gasteiger partial charge in [0, 0.05) is 0 Å². The number of unbranched alkanes of at least 4 members (excludes halogenated alkanes) is 13. The van der Waals surface area contributed by atoms with Crippen molar-refractivity contribution in [3.8, 4) is 0 Å². The summed E-state index contributed by atoms with van der Waals surface area (Å²) in [5, 5.41) is 0. The smallest absolute Gasteiger partial charge is 0.217 e. The molecular formula is C23H50NO4S2+. The van der Waals surface area contributed by atoms with Gasteiger partial charge in [0.25, 0.3) is 0 Å². The second kappa shape index (κ2) is 18.7. The zero-order chi connectivity index (χ0) is 22.7. The Hall–Kier alpha value is 0.180. The summed E-state index contributed by atoms with van der Waals surface area (Å²) in [5.74, 6) is 2.96. The lowest BCUT2D eigenvalue weighted by Gasteiger charge is -2.36. The molecular weight excluding hydrogens is 418 g/mol. The molecule has 0 aromatic heterocycles. The molecule has 0 amide bonds. The molecule has 182 valence electrons. The number of nitrogens with zero attached hydrogens (tertiary/aromatic N) is 1. The monoisotopic (exact) mass is 468 g/mol. The van der Waals surface area contributed by atoms with E-state index in [4.69, 9.17) is 0 Å². The first-order chi connectivity index (χ1) is 14.2. The maximum atomic E-state index is 9.22. The van der Waals surface area contributed by atoms with Crippen LogP contribution in [-0.2, 0) is 25.5 Å². The topological polar surface area (TPSA) is 66.4 Å². The summed E-state index contributed by atoms with van der Waals surface area (Å²) in [4.78, 5) is 0. The second-order valence-electron chi connectivity index (χ2n) is 9.15. The second-order valence-corrected chi connectivity index (χ2v) is 12.7. The van der Waals surface area contributed by atoms with E-state index in [0.29, 0.717) is 0 Å². The molecule has 0 unspecified atom stereocenters. The van der Waals surface area contributed by atoms with Gasteiger partial charge in [0.1, 0.15) is 13.1 Å². The summed E-state index contributed by atoms with van der Waals surface area (Å²) < 4.78 is 32.4. The maximum Gasteiger partial charge on any atom is 0.217 e. The summed E-state index contributed by atoms with van der Waals surface area (Å²) in [6, 6.07) is 0. The SMILES string of the molecule is CCCCCCCCCCCCCCCC[N+]1(C)CC[S+](C)CC1.COS(=O)(=O)[O-]. The van der Waals surface area contributed by atoms with E-state index >= 15 is 0 Å². The predicted octanol–water partition coefficient (Wildman–Crippen LogP) is 5.27. The Kier molecular flexibility index (Phi) is 18.8. The van der Waals surface area contributed by atoms with Crippen LogP contribution in [0.3, 0.4) is 0 Å². The van der Waals surface area contributed by atoms with E-state index in [-0.39, 0.29) is 0 Å². The molecule has 0 aromatic rings. The third kappa shape index (κ3) is 20.1. The van der Waals surface area contributed by atoms with Crippen LogP contribution >= 0.6 is 0 Å². The number of quaternary nitrogens is 1. The van der Waals surface area contributed by atoms with E-state index in [1.54, 1.807) is 0 Å². The number of hydrogen-bond donors (Lipinski definition) is 0. The lowest BCUT2D eigenvalue weighted by atomic mass is 10.0. The highest BCUT2D eigenvalue weighted by Gasteiger charge is 2.32. The maximum absolute atomic E-state index is 9.22. The molecule has 5 nitrogen and oxygen atoms in total. The van der Waals surface area contributed by atoms with Gasteiger partial charge in [0.15, 0.2) is 11.5 Å². The van der Waals surface area contributed by atoms with Gasteiger partial charge >= 0.3 is 0 Å². The van der Waals surface area contributed by atoms with Crippen molar-refractivity contribution >= 4 is 21.3 Å². The Labute approximate surface area is 191 Å². The Balaban J connectivity index is 0.00000122. The molecule has 0 spiro atoms. The lowest BCUT2D eigenvalue weighted by molar-refractivity contribution is -0.906. The molecule has 1 rings (SSSR count). The number of rotatable bonds is 16. The van der Waals surface area contributed by atoms with Crippen molar-refractivity contribution in [3.63, 3.8) is 0 Å². The van der Waals surface area contributed by atoms with Crippen LogP contribution in [0.1, 0.15) is 96.8 Å². The first-order valence-corrected chi connectivity index (χ1v) is 15.5. The van der Waals surface area contributed by atoms with E-state index in [2.05, 4.69) is 24.4 Å². The zero-order valence-corrected chi connectivity index (χ0v) is 22.0. The standard InChI is InChI=1S/C22H47NS.CH4O4S/c1-4-5-6-7-8-9-10-11-12-13-14-15-16-17-18-23(2)19-21-24(3)22-20-23;1-5-6(2,3)4/h4-22H2,1-3H3;1H3,(H,2,3,4)/q+2;/p-1. The first kappa shape index (κ1) is 30.2. The Morgan fingerprint density at radius 1 is 0.800 bits per heavy atom. The van der Waals surface area contributed by atoms with Gasteiger partial charge in [-0.3, -0.25) is 4.18 Å². The summed E-state index contributed by atoms with van der Waals surface area (Å²) in [5.41, 5.74) is 0. The van der Waals surface area contributed by atoms with Crippen molar-refractivity contribution in [3.05, 3.63) is 0 Å². The molecule has 1 aliphatic rings. The van der Waals surface area contributed by atoms with Crippen LogP contribution < -0.4 is 0 Å². The molecule has 7 heteroatoms. The zero-order valence-electron chi connectivity index (χ0n) is 20.3. The van der Waals surface area contributed by atoms with Gasteiger partial charge in [0.2, 0.25) is 10.4 Å². The largest absolute Gasteiger partial charge is 0.726 e. The van der Waals surface area contributed by atoms with Gasteiger partial charge in [-0.05, 0) is 23.7 Å². The average molecular weight is 469 g/mol. The predicted molar refractivity (Wildman–Crippen MR) is 131 cm³/mol. The van der Waals surface area contributed by atoms with E-state index in [9.17, 15) is 13.0 Å². The highest BCUT2D eigenvalue weighted by Crippen LogP contribution is 2.16. The summed E-state index contributed by atoms with van der Waals surface area (Å²) in [6.45, 7) is 6.63. The van der Waals surface area contributed by atoms with E-state index in [0.717, 1.165) is 18.0 Å². The molecule has 0 saturated carbocycles. The van der Waals surface area contributed by atoms with Gasteiger partial charge in [-0.2, -0.15) is 0 Å². The van der Waals surface area contributed by atoms with Gasteiger partial charge in [-0.1, -0.05) is 84.0 Å². The molecule has 0 aromatic carbocycles. The molecule has 0 N–H and O–H groups in total. The van der Waals surface area contributed by atoms with E-state index < -0.39 is 10.4 Å². The molecule has 0 aliphatic carbocycles. The fourth-order valence-corrected chi connectivity index (χ4v) is 5.59. The number of hydrogen-bond acceptors (Lipinski definition) is 4. The third-order valence-electron chi connectivity index (χ3n) is 6.21. The van der Waals surface area contributed by atoms with E-state index in [1.165, 1.54) is 126 Å². The molecule has 1 heterocycles. The molecule has 0 radical (unpaired) electrons. The minimum atomic E-state index is -4.41. The van der Waals surface area contributed by atoms with Crippen molar-refractivity contribution in [2.24, 2.45) is 0 Å². The van der Waals surface area contributed by atoms with Gasteiger partial charge in [0.05, 0.1) is 27.0 Å². The highest BCUT2D eigenvalue weighted by atomic mass is 32.3. The van der Waals surface area contributed by atoms with Gasteiger partial charge in [-0.25, -0.2) is 8.42 Å². The van der Waals surface area contributed by atoms with Gasteiger partial charge < -0.3 is 9.04 Å². The molecule has 0 bridgehead atoms. The summed E-state index contributed by atoms with van der Waals surface area (Å²) >= 11 is 0. The van der Waals surface area contributed by atoms with Crippen molar-refractivity contribution in [2.45, 2.75) is 96.8 Å². The fourth-order valence-electron chi connectivity index (χ4n) is 3.88. The van der Waals surface area contributed by atoms with Crippen molar-refractivity contribution in [1.29, 1.82) is 0 Å². The fraction of sp³-hybridized carbons (Fsp3) is 1.00. The van der Waals surface area contributed by atoms with Crippen LogP contribution in [0.25, 0.3) is 0 Å². The molecule has 0 atom stereocenters. The Bertz CT molecular complexity index is 478. The minimum Gasteiger partial charge on any atom is -0.726 e.